The second-order valence-corrected chi connectivity index (χ2v) is 6.31. The van der Waals surface area contributed by atoms with Crippen LogP contribution < -0.4 is 4.90 Å². The molecule has 4 nitrogen and oxygen atoms in total. The molecule has 122 valence electrons. The first-order valence-electron chi connectivity index (χ1n) is 8.51. The lowest BCUT2D eigenvalue weighted by Crippen LogP contribution is -2.39. The van der Waals surface area contributed by atoms with E-state index in [9.17, 15) is 5.11 Å². The molecule has 24 heavy (non-hydrogen) atoms. The van der Waals surface area contributed by atoms with Gasteiger partial charge in [0.05, 0.1) is 29.5 Å². The number of rotatable bonds is 4. The first-order chi connectivity index (χ1) is 11.8. The van der Waals surface area contributed by atoms with E-state index in [-0.39, 0.29) is 6.61 Å². The third-order valence-corrected chi connectivity index (χ3v) is 4.78. The fraction of sp³-hybridized carbons (Fsp3) is 0.300. The topological polar surface area (TPSA) is 49.2 Å². The molecule has 0 aliphatic carbocycles. The van der Waals surface area contributed by atoms with E-state index in [1.165, 1.54) is 11.3 Å². The molecule has 0 bridgehead atoms. The molecule has 0 fully saturated rings. The van der Waals surface area contributed by atoms with Gasteiger partial charge in [0.25, 0.3) is 0 Å². The zero-order valence-corrected chi connectivity index (χ0v) is 13.6. The summed E-state index contributed by atoms with van der Waals surface area (Å²) in [6.07, 6.45) is 4.80. The molecule has 0 saturated heterocycles. The molecule has 4 rings (SSSR count). The van der Waals surface area contributed by atoms with Crippen molar-refractivity contribution in [1.82, 2.24) is 9.97 Å². The standard InChI is InChI=1S/C20H21N3O/c24-12-11-17-10-9-15-5-1-4-8-20(15)23(17)14-16-13-21-18-6-2-3-7-19(18)22-16/h1-8,13,17,24H,9-12,14H2/t17-/m1/s1. The van der Waals surface area contributed by atoms with Gasteiger partial charge in [-0.3, -0.25) is 4.98 Å². The van der Waals surface area contributed by atoms with Crippen LogP contribution in [0, 0.1) is 0 Å². The Labute approximate surface area is 141 Å². The summed E-state index contributed by atoms with van der Waals surface area (Å²) in [5.41, 5.74) is 5.46. The lowest BCUT2D eigenvalue weighted by atomic mass is 9.94. The average molecular weight is 319 g/mol. The summed E-state index contributed by atoms with van der Waals surface area (Å²) in [5.74, 6) is 0. The van der Waals surface area contributed by atoms with E-state index >= 15 is 0 Å². The Morgan fingerprint density at radius 3 is 2.71 bits per heavy atom. The van der Waals surface area contributed by atoms with Crippen LogP contribution >= 0.6 is 0 Å². The van der Waals surface area contributed by atoms with Gasteiger partial charge in [0.1, 0.15) is 0 Å². The van der Waals surface area contributed by atoms with E-state index in [1.807, 2.05) is 30.5 Å². The molecule has 1 atom stereocenters. The van der Waals surface area contributed by atoms with E-state index < -0.39 is 0 Å². The van der Waals surface area contributed by atoms with Crippen LogP contribution in [0.4, 0.5) is 5.69 Å². The van der Waals surface area contributed by atoms with Crippen LogP contribution in [-0.4, -0.2) is 27.7 Å². The fourth-order valence-corrected chi connectivity index (χ4v) is 3.59. The maximum atomic E-state index is 9.44. The maximum absolute atomic E-state index is 9.44. The summed E-state index contributed by atoms with van der Waals surface area (Å²) in [7, 11) is 0. The number of para-hydroxylation sites is 3. The van der Waals surface area contributed by atoms with Crippen molar-refractivity contribution < 1.29 is 5.11 Å². The summed E-state index contributed by atoms with van der Waals surface area (Å²) in [4.78, 5) is 11.7. The van der Waals surface area contributed by atoms with Crippen molar-refractivity contribution >= 4 is 16.7 Å². The summed E-state index contributed by atoms with van der Waals surface area (Å²) in [6.45, 7) is 0.937. The minimum Gasteiger partial charge on any atom is -0.396 e. The van der Waals surface area contributed by atoms with E-state index in [4.69, 9.17) is 4.98 Å². The Morgan fingerprint density at radius 1 is 1.04 bits per heavy atom. The zero-order chi connectivity index (χ0) is 16.4. The van der Waals surface area contributed by atoms with Crippen LogP contribution in [0.25, 0.3) is 11.0 Å². The number of aliphatic hydroxyl groups excluding tert-OH is 1. The predicted octanol–water partition coefficient (Wildman–Crippen LogP) is 3.33. The van der Waals surface area contributed by atoms with Gasteiger partial charge in [-0.1, -0.05) is 30.3 Å². The van der Waals surface area contributed by atoms with E-state index in [0.717, 1.165) is 42.5 Å². The first-order valence-corrected chi connectivity index (χ1v) is 8.51. The lowest BCUT2D eigenvalue weighted by Gasteiger charge is -2.38. The quantitative estimate of drug-likeness (QED) is 0.801. The van der Waals surface area contributed by atoms with E-state index in [1.54, 1.807) is 0 Å². The van der Waals surface area contributed by atoms with Crippen LogP contribution in [0.2, 0.25) is 0 Å². The largest absolute Gasteiger partial charge is 0.396 e. The van der Waals surface area contributed by atoms with E-state index in [2.05, 4.69) is 34.1 Å². The van der Waals surface area contributed by atoms with Crippen LogP contribution in [0.5, 0.6) is 0 Å². The number of anilines is 1. The third-order valence-electron chi connectivity index (χ3n) is 4.78. The summed E-state index contributed by atoms with van der Waals surface area (Å²) < 4.78 is 0. The predicted molar refractivity (Wildman–Crippen MR) is 96.0 cm³/mol. The molecule has 0 saturated carbocycles. The van der Waals surface area contributed by atoms with Gasteiger partial charge in [-0.15, -0.1) is 0 Å². The molecule has 2 heterocycles. The Bertz CT molecular complexity index is 849. The number of hydrogen-bond donors (Lipinski definition) is 1. The normalized spacial score (nSPS) is 17.0. The van der Waals surface area contributed by atoms with Crippen molar-refractivity contribution in [2.75, 3.05) is 11.5 Å². The Balaban J connectivity index is 1.68. The Hall–Kier alpha value is -2.46. The van der Waals surface area contributed by atoms with Crippen molar-refractivity contribution in [3.8, 4) is 0 Å². The van der Waals surface area contributed by atoms with Gasteiger partial charge in [0.15, 0.2) is 0 Å². The molecule has 1 N–H and O–H groups in total. The second-order valence-electron chi connectivity index (χ2n) is 6.31. The van der Waals surface area contributed by atoms with Crippen LogP contribution in [0.1, 0.15) is 24.1 Å². The number of aromatic nitrogens is 2. The van der Waals surface area contributed by atoms with Gasteiger partial charge < -0.3 is 10.0 Å². The van der Waals surface area contributed by atoms with Crippen molar-refractivity contribution in [2.45, 2.75) is 31.8 Å². The highest BCUT2D eigenvalue weighted by molar-refractivity contribution is 5.73. The number of nitrogens with zero attached hydrogens (tertiary/aromatic N) is 3. The minimum absolute atomic E-state index is 0.215. The molecule has 0 radical (unpaired) electrons. The zero-order valence-electron chi connectivity index (χ0n) is 13.6. The highest BCUT2D eigenvalue weighted by Gasteiger charge is 2.26. The van der Waals surface area contributed by atoms with Crippen molar-refractivity contribution in [3.05, 3.63) is 66.0 Å². The highest BCUT2D eigenvalue weighted by atomic mass is 16.3. The molecular formula is C20H21N3O. The second kappa shape index (κ2) is 6.57. The van der Waals surface area contributed by atoms with Crippen LogP contribution in [-0.2, 0) is 13.0 Å². The van der Waals surface area contributed by atoms with Gasteiger partial charge in [0.2, 0.25) is 0 Å². The van der Waals surface area contributed by atoms with Crippen LogP contribution in [0.15, 0.2) is 54.7 Å². The van der Waals surface area contributed by atoms with Crippen LogP contribution in [0.3, 0.4) is 0 Å². The number of aryl methyl sites for hydroxylation is 1. The first kappa shape index (κ1) is 15.1. The summed E-state index contributed by atoms with van der Waals surface area (Å²) in [5, 5.41) is 9.44. The van der Waals surface area contributed by atoms with Crippen molar-refractivity contribution in [1.29, 1.82) is 0 Å². The number of aliphatic hydroxyl groups is 1. The molecular weight excluding hydrogens is 298 g/mol. The molecule has 3 aromatic rings. The molecule has 1 aromatic heterocycles. The molecule has 0 unspecified atom stereocenters. The smallest absolute Gasteiger partial charge is 0.0890 e. The van der Waals surface area contributed by atoms with Crippen molar-refractivity contribution in [2.24, 2.45) is 0 Å². The monoisotopic (exact) mass is 319 g/mol. The molecule has 0 spiro atoms. The molecule has 4 heteroatoms. The lowest BCUT2D eigenvalue weighted by molar-refractivity contribution is 0.267. The van der Waals surface area contributed by atoms with Gasteiger partial charge in [-0.05, 0) is 43.0 Å². The number of benzene rings is 2. The van der Waals surface area contributed by atoms with Gasteiger partial charge in [-0.2, -0.15) is 0 Å². The summed E-state index contributed by atoms with van der Waals surface area (Å²) >= 11 is 0. The fourth-order valence-electron chi connectivity index (χ4n) is 3.59. The average Bonchev–Trinajstić information content (AvgIpc) is 2.64. The minimum atomic E-state index is 0.215. The Morgan fingerprint density at radius 2 is 1.83 bits per heavy atom. The SMILES string of the molecule is OCC[C@H]1CCc2ccccc2N1Cc1cnc2ccccc2n1. The Kier molecular flexibility index (Phi) is 4.13. The van der Waals surface area contributed by atoms with Gasteiger partial charge in [0, 0.05) is 18.3 Å². The molecule has 0 amide bonds. The maximum Gasteiger partial charge on any atom is 0.0890 e. The van der Waals surface area contributed by atoms with Gasteiger partial charge in [-0.25, -0.2) is 4.98 Å². The molecule has 2 aromatic carbocycles. The van der Waals surface area contributed by atoms with E-state index in [0.29, 0.717) is 6.04 Å². The summed E-state index contributed by atoms with van der Waals surface area (Å²) in [6, 6.07) is 16.9. The van der Waals surface area contributed by atoms with Gasteiger partial charge >= 0.3 is 0 Å². The van der Waals surface area contributed by atoms with Crippen molar-refractivity contribution in [3.63, 3.8) is 0 Å². The third kappa shape index (κ3) is 2.85. The molecule has 1 aliphatic heterocycles. The number of fused-ring (bicyclic) bond motifs is 2. The molecule has 1 aliphatic rings. The number of hydrogen-bond acceptors (Lipinski definition) is 4. The highest BCUT2D eigenvalue weighted by Crippen LogP contribution is 2.32.